The second kappa shape index (κ2) is 15.0. The Bertz CT molecular complexity index is 1190. The molecule has 0 radical (unpaired) electrons. The molecule has 3 rings (SSSR count). The molecule has 3 aliphatic rings. The molecular formula is C34H56N6O6. The lowest BCUT2D eigenvalue weighted by molar-refractivity contribution is -0.145. The molecule has 0 aromatic carbocycles. The van der Waals surface area contributed by atoms with Crippen LogP contribution in [-0.2, 0) is 24.0 Å². The van der Waals surface area contributed by atoms with Crippen molar-refractivity contribution in [3.8, 4) is 0 Å². The smallest absolute Gasteiger partial charge is 0.315 e. The summed E-state index contributed by atoms with van der Waals surface area (Å²) in [6.07, 6.45) is 4.62. The molecule has 12 nitrogen and oxygen atoms in total. The number of ketones is 1. The third-order valence-electron chi connectivity index (χ3n) is 9.95. The maximum absolute atomic E-state index is 14.3. The van der Waals surface area contributed by atoms with Gasteiger partial charge in [-0.25, -0.2) is 4.79 Å². The number of Topliss-reactive ketones (excluding diaryl/α,β-unsaturated/α-hetero) is 1. The van der Waals surface area contributed by atoms with E-state index in [4.69, 9.17) is 0 Å². The summed E-state index contributed by atoms with van der Waals surface area (Å²) in [5.41, 5.74) is -0.874. The van der Waals surface area contributed by atoms with Crippen molar-refractivity contribution >= 4 is 35.4 Å². The minimum Gasteiger partial charge on any atom is -0.346 e. The Morgan fingerprint density at radius 1 is 1.07 bits per heavy atom. The van der Waals surface area contributed by atoms with Gasteiger partial charge < -0.3 is 31.1 Å². The van der Waals surface area contributed by atoms with E-state index in [1.165, 1.54) is 6.08 Å². The van der Waals surface area contributed by atoms with Crippen molar-refractivity contribution in [1.29, 1.82) is 0 Å². The Balaban J connectivity index is 1.78. The SMILES string of the molecule is C=CCNC(=O)C(=O)C(CCC)NC(=O)C1[C@@H]2[C@H](CN1C(=O)[C@@H](NC(=O)N[C@H](CN1CCCCC1=O)C(C)C)C(C)(C)C)C2(C)C. The van der Waals surface area contributed by atoms with Crippen LogP contribution >= 0.6 is 0 Å². The normalized spacial score (nSPS) is 23.9. The number of hydrogen-bond donors (Lipinski definition) is 4. The van der Waals surface area contributed by atoms with E-state index in [0.29, 0.717) is 32.5 Å². The monoisotopic (exact) mass is 644 g/mol. The van der Waals surface area contributed by atoms with Gasteiger partial charge in [-0.1, -0.05) is 67.9 Å². The molecule has 0 spiro atoms. The number of urea groups is 1. The van der Waals surface area contributed by atoms with Crippen LogP contribution in [0, 0.1) is 28.6 Å². The molecule has 2 heterocycles. The van der Waals surface area contributed by atoms with E-state index in [9.17, 15) is 28.8 Å². The van der Waals surface area contributed by atoms with E-state index in [0.717, 1.165) is 12.8 Å². The Labute approximate surface area is 274 Å². The number of hydrogen-bond acceptors (Lipinski definition) is 6. The van der Waals surface area contributed by atoms with Gasteiger partial charge in [0.15, 0.2) is 0 Å². The molecule has 3 fully saturated rings. The summed E-state index contributed by atoms with van der Waals surface area (Å²) in [7, 11) is 0. The number of carbonyl (C=O) groups excluding carboxylic acids is 6. The zero-order valence-electron chi connectivity index (χ0n) is 29.0. The fourth-order valence-electron chi connectivity index (χ4n) is 6.91. The van der Waals surface area contributed by atoms with Gasteiger partial charge in [-0.15, -0.1) is 6.58 Å². The molecule has 258 valence electrons. The average Bonchev–Trinajstić information content (AvgIpc) is 3.28. The first-order chi connectivity index (χ1) is 21.4. The first-order valence-electron chi connectivity index (χ1n) is 16.8. The number of likely N-dealkylation sites (tertiary alicyclic amines) is 2. The zero-order valence-corrected chi connectivity index (χ0v) is 29.0. The van der Waals surface area contributed by atoms with E-state index in [2.05, 4.69) is 41.7 Å². The number of carbonyl (C=O) groups is 6. The number of amides is 6. The van der Waals surface area contributed by atoms with Crippen LogP contribution in [0.25, 0.3) is 0 Å². The average molecular weight is 645 g/mol. The third kappa shape index (κ3) is 8.47. The number of rotatable bonds is 14. The summed E-state index contributed by atoms with van der Waals surface area (Å²) < 4.78 is 0. The number of nitrogens with one attached hydrogen (secondary N) is 4. The molecule has 2 saturated heterocycles. The Morgan fingerprint density at radius 3 is 2.30 bits per heavy atom. The number of nitrogens with zero attached hydrogens (tertiary/aromatic N) is 2. The molecule has 4 N–H and O–H groups in total. The molecule has 6 atom stereocenters. The van der Waals surface area contributed by atoms with Crippen LogP contribution in [-0.4, -0.2) is 95.6 Å². The van der Waals surface area contributed by atoms with Crippen LogP contribution in [0.4, 0.5) is 4.79 Å². The van der Waals surface area contributed by atoms with E-state index < -0.39 is 47.2 Å². The van der Waals surface area contributed by atoms with Crippen LogP contribution in [0.3, 0.4) is 0 Å². The van der Waals surface area contributed by atoms with Gasteiger partial charge in [0.2, 0.25) is 23.5 Å². The lowest BCUT2D eigenvalue weighted by atomic mass is 9.85. The lowest BCUT2D eigenvalue weighted by Crippen LogP contribution is -2.62. The van der Waals surface area contributed by atoms with Crippen LogP contribution in [0.2, 0.25) is 0 Å². The number of piperidine rings is 2. The van der Waals surface area contributed by atoms with Gasteiger partial charge in [0, 0.05) is 32.6 Å². The van der Waals surface area contributed by atoms with Crippen LogP contribution in [0.15, 0.2) is 12.7 Å². The van der Waals surface area contributed by atoms with Crippen molar-refractivity contribution < 1.29 is 28.8 Å². The highest BCUT2D eigenvalue weighted by Gasteiger charge is 2.70. The predicted octanol–water partition coefficient (Wildman–Crippen LogP) is 2.38. The van der Waals surface area contributed by atoms with Crippen molar-refractivity contribution in [2.24, 2.45) is 28.6 Å². The third-order valence-corrected chi connectivity index (χ3v) is 9.95. The summed E-state index contributed by atoms with van der Waals surface area (Å²) in [5, 5.41) is 11.2. The Kier molecular flexibility index (Phi) is 12.1. The molecule has 2 aliphatic heterocycles. The topological polar surface area (TPSA) is 157 Å². The molecule has 2 unspecified atom stereocenters. The van der Waals surface area contributed by atoms with Crippen LogP contribution in [0.1, 0.15) is 87.5 Å². The van der Waals surface area contributed by atoms with Crippen molar-refractivity contribution in [3.05, 3.63) is 12.7 Å². The second-order valence-corrected chi connectivity index (χ2v) is 15.2. The molecule has 0 aromatic rings. The standard InChI is InChI=1S/C34H56N6O6/c1-10-14-22(27(42)30(44)35-16-11-2)36-29(43)26-25-21(34(25,8)9)18-40(26)31(45)28(33(5,6)7)38-32(46)37-23(20(3)4)19-39-17-13-12-15-24(39)41/h11,20-23,25-26,28H,2,10,12-19H2,1,3-9H3,(H,35,44)(H,36,43)(H2,37,38,46)/t21-,22?,23+,25-,26?,28+/m0/s1. The highest BCUT2D eigenvalue weighted by atomic mass is 16.2. The van der Waals surface area contributed by atoms with Gasteiger partial charge in [-0.3, -0.25) is 24.0 Å². The maximum Gasteiger partial charge on any atom is 0.315 e. The Hall–Kier alpha value is -3.44. The molecule has 0 aromatic heterocycles. The molecule has 46 heavy (non-hydrogen) atoms. The van der Waals surface area contributed by atoms with Gasteiger partial charge in [-0.2, -0.15) is 0 Å². The minimum atomic E-state index is -1.03. The van der Waals surface area contributed by atoms with E-state index >= 15 is 0 Å². The van der Waals surface area contributed by atoms with E-state index in [1.54, 1.807) is 9.80 Å². The predicted molar refractivity (Wildman–Crippen MR) is 175 cm³/mol. The highest BCUT2D eigenvalue weighted by molar-refractivity contribution is 6.38. The lowest BCUT2D eigenvalue weighted by Gasteiger charge is -2.38. The molecule has 6 amide bonds. The van der Waals surface area contributed by atoms with E-state index in [-0.39, 0.29) is 54.0 Å². The molecular weight excluding hydrogens is 588 g/mol. The van der Waals surface area contributed by atoms with E-state index in [1.807, 2.05) is 41.5 Å². The summed E-state index contributed by atoms with van der Waals surface area (Å²) >= 11 is 0. The van der Waals surface area contributed by atoms with Gasteiger partial charge in [0.05, 0.1) is 12.1 Å². The van der Waals surface area contributed by atoms with Gasteiger partial charge in [0.1, 0.15) is 12.1 Å². The fraction of sp³-hybridized carbons (Fsp3) is 0.765. The van der Waals surface area contributed by atoms with Crippen LogP contribution < -0.4 is 21.3 Å². The fourth-order valence-corrected chi connectivity index (χ4v) is 6.91. The quantitative estimate of drug-likeness (QED) is 0.168. The Morgan fingerprint density at radius 2 is 1.74 bits per heavy atom. The van der Waals surface area contributed by atoms with Gasteiger partial charge >= 0.3 is 6.03 Å². The summed E-state index contributed by atoms with van der Waals surface area (Å²) in [6, 6.07) is -3.65. The van der Waals surface area contributed by atoms with Crippen molar-refractivity contribution in [2.45, 2.75) is 112 Å². The first-order valence-corrected chi connectivity index (χ1v) is 16.8. The molecule has 12 heteroatoms. The maximum atomic E-state index is 14.3. The summed E-state index contributed by atoms with van der Waals surface area (Å²) in [5.74, 6) is -2.29. The van der Waals surface area contributed by atoms with Crippen molar-refractivity contribution in [2.75, 3.05) is 26.2 Å². The summed E-state index contributed by atoms with van der Waals surface area (Å²) in [4.78, 5) is 82.8. The highest BCUT2D eigenvalue weighted by Crippen LogP contribution is 2.65. The van der Waals surface area contributed by atoms with Crippen LogP contribution in [0.5, 0.6) is 0 Å². The largest absolute Gasteiger partial charge is 0.346 e. The van der Waals surface area contributed by atoms with Gasteiger partial charge in [0.25, 0.3) is 5.91 Å². The second-order valence-electron chi connectivity index (χ2n) is 15.2. The molecule has 0 bridgehead atoms. The van der Waals surface area contributed by atoms with Gasteiger partial charge in [-0.05, 0) is 47.8 Å². The first kappa shape index (κ1) is 37.0. The molecule has 1 saturated carbocycles. The zero-order chi connectivity index (χ0) is 34.6. The van der Waals surface area contributed by atoms with Crippen molar-refractivity contribution in [1.82, 2.24) is 31.1 Å². The number of fused-ring (bicyclic) bond motifs is 1. The molecule has 1 aliphatic carbocycles. The summed E-state index contributed by atoms with van der Waals surface area (Å²) in [6.45, 7) is 20.6. The van der Waals surface area contributed by atoms with Crippen molar-refractivity contribution in [3.63, 3.8) is 0 Å². The minimum absolute atomic E-state index is 0.0443.